The number of benzene rings is 1. The van der Waals surface area contributed by atoms with Crippen LogP contribution in [-0.4, -0.2) is 33.7 Å². The van der Waals surface area contributed by atoms with Gasteiger partial charge in [0.1, 0.15) is 0 Å². The molecule has 0 aliphatic heterocycles. The molecule has 34 heavy (non-hydrogen) atoms. The Bertz CT molecular complexity index is 1220. The van der Waals surface area contributed by atoms with E-state index in [4.69, 9.17) is 0 Å². The van der Waals surface area contributed by atoms with Crippen molar-refractivity contribution in [2.75, 3.05) is 7.05 Å². The van der Waals surface area contributed by atoms with Crippen LogP contribution in [0.5, 0.6) is 0 Å². The lowest BCUT2D eigenvalue weighted by Crippen LogP contribution is -2.24. The zero-order chi connectivity index (χ0) is 24.7. The van der Waals surface area contributed by atoms with Gasteiger partial charge in [-0.2, -0.15) is 0 Å². The third kappa shape index (κ3) is 6.25. The van der Waals surface area contributed by atoms with Crippen molar-refractivity contribution >= 4 is 17.9 Å². The molecule has 1 aromatic carbocycles. The number of hydrogen-bond acceptors (Lipinski definition) is 4. The predicted octanol–water partition coefficient (Wildman–Crippen LogP) is 4.40. The number of nitrogens with one attached hydrogen (secondary N) is 1. The quantitative estimate of drug-likeness (QED) is 0.486. The monoisotopic (exact) mass is 454 g/mol. The number of hydrogen-bond donors (Lipinski definition) is 1. The molecule has 0 aliphatic rings. The first kappa shape index (κ1) is 24.6. The lowest BCUT2D eigenvalue weighted by atomic mass is 10.0. The molecule has 0 saturated carbocycles. The zero-order valence-electron chi connectivity index (χ0n) is 20.0. The summed E-state index contributed by atoms with van der Waals surface area (Å²) < 4.78 is 0. The fourth-order valence-corrected chi connectivity index (χ4v) is 3.66. The minimum absolute atomic E-state index is 0.111. The number of aryl methyl sites for hydroxylation is 2. The van der Waals surface area contributed by atoms with Gasteiger partial charge in [-0.1, -0.05) is 43.5 Å². The highest BCUT2D eigenvalue weighted by atomic mass is 16.2. The highest BCUT2D eigenvalue weighted by molar-refractivity contribution is 5.94. The fourth-order valence-electron chi connectivity index (χ4n) is 3.66. The number of carbonyl (C=O) groups excluding carboxylic acids is 2. The minimum Gasteiger partial charge on any atom is -0.348 e. The number of carbonyl (C=O) groups is 2. The van der Waals surface area contributed by atoms with Crippen LogP contribution in [0.15, 0.2) is 68.0 Å². The Morgan fingerprint density at radius 3 is 2.38 bits per heavy atom. The van der Waals surface area contributed by atoms with E-state index in [0.717, 1.165) is 39.2 Å². The van der Waals surface area contributed by atoms with Gasteiger partial charge in [0.2, 0.25) is 5.91 Å². The predicted molar refractivity (Wildman–Crippen MR) is 135 cm³/mol. The first-order valence-corrected chi connectivity index (χ1v) is 11.1. The van der Waals surface area contributed by atoms with Crippen molar-refractivity contribution in [2.24, 2.45) is 0 Å². The molecule has 3 aromatic rings. The first-order chi connectivity index (χ1) is 16.3. The maximum atomic E-state index is 12.8. The van der Waals surface area contributed by atoms with E-state index in [1.54, 1.807) is 30.4 Å². The molecule has 0 atom stereocenters. The van der Waals surface area contributed by atoms with E-state index < -0.39 is 0 Å². The van der Waals surface area contributed by atoms with Crippen molar-refractivity contribution in [1.82, 2.24) is 20.2 Å². The molecule has 0 aliphatic carbocycles. The van der Waals surface area contributed by atoms with Crippen LogP contribution in [0.25, 0.3) is 6.08 Å². The van der Waals surface area contributed by atoms with Crippen LogP contribution in [-0.2, 0) is 24.3 Å². The molecule has 0 unspecified atom stereocenters. The van der Waals surface area contributed by atoms with Crippen LogP contribution in [0, 0.1) is 13.8 Å². The van der Waals surface area contributed by atoms with Crippen LogP contribution in [0.4, 0.5) is 0 Å². The van der Waals surface area contributed by atoms with E-state index in [-0.39, 0.29) is 11.8 Å². The molecular weight excluding hydrogens is 424 g/mol. The largest absolute Gasteiger partial charge is 0.348 e. The standard InChI is InChI=1S/C28H30N4O2/c1-6-24-14-25(20(4)31-19(24)3)17-30-28(34)26-13-23(15-29-16-26)12-21-8-10-22(11-9-21)18-32(5)27(33)7-2/h6-11,13-16H,1-2,12,17-18H2,3-5H3,(H,30,34). The molecule has 0 fully saturated rings. The summed E-state index contributed by atoms with van der Waals surface area (Å²) in [5.74, 6) is -0.292. The van der Waals surface area contributed by atoms with Crippen molar-refractivity contribution in [3.63, 3.8) is 0 Å². The minimum atomic E-state index is -0.181. The highest BCUT2D eigenvalue weighted by Crippen LogP contribution is 2.15. The van der Waals surface area contributed by atoms with Crippen molar-refractivity contribution in [3.05, 3.63) is 113 Å². The second-order valence-corrected chi connectivity index (χ2v) is 8.27. The van der Waals surface area contributed by atoms with Gasteiger partial charge < -0.3 is 10.2 Å². The molecule has 0 bridgehead atoms. The highest BCUT2D eigenvalue weighted by Gasteiger charge is 2.10. The molecule has 6 heteroatoms. The summed E-state index contributed by atoms with van der Waals surface area (Å²) in [6.45, 7) is 12.1. The van der Waals surface area contributed by atoms with Gasteiger partial charge in [0.05, 0.1) is 5.56 Å². The Morgan fingerprint density at radius 2 is 1.71 bits per heavy atom. The Kier molecular flexibility index (Phi) is 8.09. The van der Waals surface area contributed by atoms with Crippen LogP contribution in [0.2, 0.25) is 0 Å². The molecule has 1 N–H and O–H groups in total. The van der Waals surface area contributed by atoms with Gasteiger partial charge in [-0.05, 0) is 66.3 Å². The van der Waals surface area contributed by atoms with Gasteiger partial charge in [-0.15, -0.1) is 0 Å². The molecule has 2 heterocycles. The van der Waals surface area contributed by atoms with E-state index >= 15 is 0 Å². The van der Waals surface area contributed by atoms with Crippen molar-refractivity contribution in [3.8, 4) is 0 Å². The lowest BCUT2D eigenvalue weighted by Gasteiger charge is -2.15. The number of pyridine rings is 2. The smallest absolute Gasteiger partial charge is 0.253 e. The van der Waals surface area contributed by atoms with Crippen molar-refractivity contribution in [1.29, 1.82) is 0 Å². The molecule has 3 rings (SSSR count). The van der Waals surface area contributed by atoms with Crippen LogP contribution in [0.3, 0.4) is 0 Å². The molecule has 0 saturated heterocycles. The lowest BCUT2D eigenvalue weighted by molar-refractivity contribution is -0.125. The average Bonchev–Trinajstić information content (AvgIpc) is 2.84. The molecule has 2 aromatic heterocycles. The topological polar surface area (TPSA) is 75.2 Å². The number of nitrogens with zero attached hydrogens (tertiary/aromatic N) is 3. The third-order valence-electron chi connectivity index (χ3n) is 5.67. The molecule has 174 valence electrons. The summed E-state index contributed by atoms with van der Waals surface area (Å²) >= 11 is 0. The van der Waals surface area contributed by atoms with E-state index in [0.29, 0.717) is 25.1 Å². The molecule has 0 spiro atoms. The Balaban J connectivity index is 1.63. The molecular formula is C28H30N4O2. The van der Waals surface area contributed by atoms with Crippen LogP contribution < -0.4 is 5.32 Å². The fraction of sp³-hybridized carbons (Fsp3) is 0.214. The summed E-state index contributed by atoms with van der Waals surface area (Å²) in [5.41, 5.74) is 7.32. The van der Waals surface area contributed by atoms with Gasteiger partial charge in [-0.25, -0.2) is 0 Å². The van der Waals surface area contributed by atoms with Gasteiger partial charge in [-0.3, -0.25) is 19.6 Å². The molecule has 0 radical (unpaired) electrons. The third-order valence-corrected chi connectivity index (χ3v) is 5.67. The summed E-state index contributed by atoms with van der Waals surface area (Å²) in [7, 11) is 1.75. The molecule has 2 amide bonds. The van der Waals surface area contributed by atoms with Gasteiger partial charge >= 0.3 is 0 Å². The average molecular weight is 455 g/mol. The summed E-state index contributed by atoms with van der Waals surface area (Å²) in [6, 6.07) is 11.9. The summed E-state index contributed by atoms with van der Waals surface area (Å²) in [4.78, 5) is 34.8. The van der Waals surface area contributed by atoms with E-state index in [1.807, 2.05) is 50.2 Å². The Morgan fingerprint density at radius 1 is 1.00 bits per heavy atom. The number of aromatic nitrogens is 2. The van der Waals surface area contributed by atoms with Gasteiger partial charge in [0.25, 0.3) is 5.91 Å². The van der Waals surface area contributed by atoms with Crippen LogP contribution >= 0.6 is 0 Å². The zero-order valence-corrected chi connectivity index (χ0v) is 20.0. The molecule has 6 nitrogen and oxygen atoms in total. The Hall–Kier alpha value is -4.06. The summed E-state index contributed by atoms with van der Waals surface area (Å²) in [6.07, 6.45) is 7.07. The maximum absolute atomic E-state index is 12.8. The van der Waals surface area contributed by atoms with Crippen molar-refractivity contribution in [2.45, 2.75) is 33.4 Å². The SMILES string of the molecule is C=CC(=O)N(C)Cc1ccc(Cc2cncc(C(=O)NCc3cc(C=C)c(C)nc3C)c2)cc1. The number of rotatable bonds is 9. The normalized spacial score (nSPS) is 10.4. The van der Waals surface area contributed by atoms with Crippen LogP contribution in [0.1, 0.15) is 49.6 Å². The maximum Gasteiger partial charge on any atom is 0.253 e. The van der Waals surface area contributed by atoms with Gasteiger partial charge in [0, 0.05) is 43.9 Å². The van der Waals surface area contributed by atoms with E-state index in [2.05, 4.69) is 28.4 Å². The van der Waals surface area contributed by atoms with E-state index in [9.17, 15) is 9.59 Å². The number of amides is 2. The first-order valence-electron chi connectivity index (χ1n) is 11.1. The van der Waals surface area contributed by atoms with Crippen molar-refractivity contribution < 1.29 is 9.59 Å². The number of likely N-dealkylation sites (N-methyl/N-ethyl adjacent to an activating group) is 1. The van der Waals surface area contributed by atoms with Gasteiger partial charge in [0.15, 0.2) is 0 Å². The second kappa shape index (κ2) is 11.2. The second-order valence-electron chi connectivity index (χ2n) is 8.27. The van der Waals surface area contributed by atoms with E-state index in [1.165, 1.54) is 6.08 Å². The summed E-state index contributed by atoms with van der Waals surface area (Å²) in [5, 5.41) is 2.97. The Labute approximate surface area is 201 Å².